The lowest BCUT2D eigenvalue weighted by Gasteiger charge is -2.28. The zero-order chi connectivity index (χ0) is 13.1. The number of nitrogens with zero attached hydrogens (tertiary/aromatic N) is 1. The summed E-state index contributed by atoms with van der Waals surface area (Å²) in [5.41, 5.74) is 6.11. The van der Waals surface area contributed by atoms with Crippen molar-refractivity contribution >= 4 is 5.91 Å². The van der Waals surface area contributed by atoms with Gasteiger partial charge in [0.15, 0.2) is 6.29 Å². The highest BCUT2D eigenvalue weighted by Gasteiger charge is 2.32. The molecule has 0 radical (unpaired) electrons. The van der Waals surface area contributed by atoms with Crippen LogP contribution in [0, 0.1) is 0 Å². The van der Waals surface area contributed by atoms with Crippen LogP contribution in [0.4, 0.5) is 0 Å². The van der Waals surface area contributed by atoms with Crippen LogP contribution < -0.4 is 21.7 Å². The molecule has 0 aliphatic carbocycles. The van der Waals surface area contributed by atoms with Crippen LogP contribution in [0.1, 0.15) is 13.3 Å². The summed E-state index contributed by atoms with van der Waals surface area (Å²) in [5.74, 6) is 0.409. The molecule has 2 aliphatic rings. The third-order valence-electron chi connectivity index (χ3n) is 2.93. The van der Waals surface area contributed by atoms with Gasteiger partial charge < -0.3 is 30.7 Å². The van der Waals surface area contributed by atoms with Gasteiger partial charge in [-0.15, -0.1) is 0 Å². The van der Waals surface area contributed by atoms with Gasteiger partial charge in [-0.2, -0.15) is 0 Å². The molecule has 0 saturated heterocycles. The monoisotopic (exact) mass is 257 g/mol. The van der Waals surface area contributed by atoms with Crippen molar-refractivity contribution in [2.24, 2.45) is 5.73 Å². The summed E-state index contributed by atoms with van der Waals surface area (Å²) in [6, 6.07) is 0. The number of amides is 1. The quantitative estimate of drug-likeness (QED) is 0.377. The maximum Gasteiger partial charge on any atom is 0.273 e. The molecule has 0 fully saturated rings. The standard InChI is InChI=1S/C10H19N5O3/c1-2-6(3-16)18-5-15-4-12-7-8(15)13-10(11)14-9(7)17/h6,10,12-13,16H,2-5,11H2,1H3,(H,14,17). The van der Waals surface area contributed by atoms with Crippen LogP contribution >= 0.6 is 0 Å². The molecule has 2 unspecified atom stereocenters. The molecule has 0 aromatic heterocycles. The highest BCUT2D eigenvalue weighted by Crippen LogP contribution is 2.16. The average molecular weight is 257 g/mol. The van der Waals surface area contributed by atoms with E-state index in [9.17, 15) is 4.79 Å². The fourth-order valence-corrected chi connectivity index (χ4v) is 1.85. The van der Waals surface area contributed by atoms with E-state index < -0.39 is 6.29 Å². The number of hydrogen-bond donors (Lipinski definition) is 5. The van der Waals surface area contributed by atoms with Crippen molar-refractivity contribution in [2.45, 2.75) is 25.7 Å². The molecule has 0 spiro atoms. The molecule has 0 aromatic rings. The van der Waals surface area contributed by atoms with E-state index in [-0.39, 0.29) is 25.3 Å². The molecule has 1 amide bonds. The van der Waals surface area contributed by atoms with Crippen LogP contribution in [-0.2, 0) is 9.53 Å². The number of carbonyl (C=O) groups excluding carboxylic acids is 1. The molecular formula is C10H19N5O3. The zero-order valence-corrected chi connectivity index (χ0v) is 10.3. The van der Waals surface area contributed by atoms with Gasteiger partial charge in [-0.25, -0.2) is 0 Å². The van der Waals surface area contributed by atoms with E-state index in [1.807, 2.05) is 11.8 Å². The van der Waals surface area contributed by atoms with Crippen molar-refractivity contribution < 1.29 is 14.6 Å². The van der Waals surface area contributed by atoms with Crippen LogP contribution in [0.3, 0.4) is 0 Å². The van der Waals surface area contributed by atoms with Gasteiger partial charge in [-0.3, -0.25) is 10.5 Å². The van der Waals surface area contributed by atoms with E-state index in [1.165, 1.54) is 0 Å². The van der Waals surface area contributed by atoms with Crippen LogP contribution in [0.2, 0.25) is 0 Å². The van der Waals surface area contributed by atoms with Gasteiger partial charge in [0, 0.05) is 0 Å². The number of aliphatic hydroxyl groups excluding tert-OH is 1. The Morgan fingerprint density at radius 3 is 3.06 bits per heavy atom. The van der Waals surface area contributed by atoms with Gasteiger partial charge in [0.2, 0.25) is 0 Å². The smallest absolute Gasteiger partial charge is 0.273 e. The lowest BCUT2D eigenvalue weighted by molar-refractivity contribution is -0.119. The minimum Gasteiger partial charge on any atom is -0.394 e. The Bertz CT molecular complexity index is 355. The van der Waals surface area contributed by atoms with Gasteiger partial charge in [-0.1, -0.05) is 6.92 Å². The summed E-state index contributed by atoms with van der Waals surface area (Å²) in [7, 11) is 0. The SMILES string of the molecule is CCC(CO)OCN1CNC2=C1NC(N)NC2=O. The molecule has 18 heavy (non-hydrogen) atoms. The molecule has 0 bridgehead atoms. The predicted octanol–water partition coefficient (Wildman–Crippen LogP) is -2.28. The number of nitrogens with two attached hydrogens (primary N) is 1. The Kier molecular flexibility index (Phi) is 3.90. The maximum absolute atomic E-state index is 11.6. The van der Waals surface area contributed by atoms with E-state index in [2.05, 4.69) is 16.0 Å². The van der Waals surface area contributed by atoms with Gasteiger partial charge in [0.1, 0.15) is 18.2 Å². The first-order valence-electron chi connectivity index (χ1n) is 5.94. The Balaban J connectivity index is 1.97. The summed E-state index contributed by atoms with van der Waals surface area (Å²) in [6.45, 7) is 2.69. The fourth-order valence-electron chi connectivity index (χ4n) is 1.85. The van der Waals surface area contributed by atoms with Crippen molar-refractivity contribution in [3.05, 3.63) is 11.5 Å². The van der Waals surface area contributed by atoms with Gasteiger partial charge >= 0.3 is 0 Å². The van der Waals surface area contributed by atoms with Gasteiger partial charge in [0.25, 0.3) is 5.91 Å². The topological polar surface area (TPSA) is 112 Å². The Hall–Kier alpha value is -1.51. The van der Waals surface area contributed by atoms with E-state index in [4.69, 9.17) is 15.6 Å². The second kappa shape index (κ2) is 5.42. The van der Waals surface area contributed by atoms with Crippen molar-refractivity contribution in [3.63, 3.8) is 0 Å². The molecule has 2 rings (SSSR count). The Morgan fingerprint density at radius 2 is 2.39 bits per heavy atom. The Labute approximate surface area is 105 Å². The van der Waals surface area contributed by atoms with E-state index in [0.717, 1.165) is 6.42 Å². The second-order valence-electron chi connectivity index (χ2n) is 4.20. The fraction of sp³-hybridized carbons (Fsp3) is 0.700. The molecule has 102 valence electrons. The van der Waals surface area contributed by atoms with Crippen LogP contribution in [-0.4, -0.2) is 48.3 Å². The highest BCUT2D eigenvalue weighted by molar-refractivity contribution is 5.94. The first-order valence-corrected chi connectivity index (χ1v) is 5.94. The molecule has 0 aromatic carbocycles. The van der Waals surface area contributed by atoms with E-state index >= 15 is 0 Å². The minimum atomic E-state index is -0.599. The molecule has 8 nitrogen and oxygen atoms in total. The number of ether oxygens (including phenoxy) is 1. The van der Waals surface area contributed by atoms with E-state index in [0.29, 0.717) is 18.2 Å². The molecular weight excluding hydrogens is 238 g/mol. The Morgan fingerprint density at radius 1 is 1.61 bits per heavy atom. The van der Waals surface area contributed by atoms with Crippen molar-refractivity contribution in [2.75, 3.05) is 20.0 Å². The molecule has 6 N–H and O–H groups in total. The number of nitrogens with one attached hydrogen (secondary N) is 3. The summed E-state index contributed by atoms with van der Waals surface area (Å²) in [4.78, 5) is 13.4. The average Bonchev–Trinajstić information content (AvgIpc) is 2.74. The number of carbonyl (C=O) groups is 1. The molecule has 2 aliphatic heterocycles. The molecule has 0 saturated carbocycles. The third kappa shape index (κ3) is 2.50. The predicted molar refractivity (Wildman–Crippen MR) is 63.2 cm³/mol. The van der Waals surface area contributed by atoms with Gasteiger partial charge in [0.05, 0.1) is 19.4 Å². The van der Waals surface area contributed by atoms with Crippen molar-refractivity contribution in [1.29, 1.82) is 0 Å². The van der Waals surface area contributed by atoms with Crippen molar-refractivity contribution in [3.8, 4) is 0 Å². The molecule has 8 heteroatoms. The van der Waals surface area contributed by atoms with Crippen LogP contribution in [0.15, 0.2) is 11.5 Å². The maximum atomic E-state index is 11.6. The number of rotatable bonds is 5. The first kappa shape index (κ1) is 12.9. The summed E-state index contributed by atoms with van der Waals surface area (Å²) in [6.07, 6.45) is -0.0592. The lowest BCUT2D eigenvalue weighted by atomic mass is 10.3. The second-order valence-corrected chi connectivity index (χ2v) is 4.20. The normalized spacial score (nSPS) is 24.3. The highest BCUT2D eigenvalue weighted by atomic mass is 16.5. The summed E-state index contributed by atoms with van der Waals surface area (Å²) >= 11 is 0. The van der Waals surface area contributed by atoms with Crippen LogP contribution in [0.5, 0.6) is 0 Å². The van der Waals surface area contributed by atoms with Crippen molar-refractivity contribution in [1.82, 2.24) is 20.9 Å². The third-order valence-corrected chi connectivity index (χ3v) is 2.93. The lowest BCUT2D eigenvalue weighted by Crippen LogP contribution is -2.57. The van der Waals surface area contributed by atoms with Gasteiger partial charge in [-0.05, 0) is 6.42 Å². The number of aliphatic hydroxyl groups is 1. The molecule has 2 heterocycles. The minimum absolute atomic E-state index is 0.0168. The number of hydrogen-bond acceptors (Lipinski definition) is 7. The largest absolute Gasteiger partial charge is 0.394 e. The molecule has 2 atom stereocenters. The summed E-state index contributed by atoms with van der Waals surface area (Å²) < 4.78 is 5.53. The van der Waals surface area contributed by atoms with E-state index in [1.54, 1.807) is 0 Å². The van der Waals surface area contributed by atoms with Crippen LogP contribution in [0.25, 0.3) is 0 Å². The summed E-state index contributed by atoms with van der Waals surface area (Å²) in [5, 5.41) is 17.5. The zero-order valence-electron chi connectivity index (χ0n) is 10.3. The first-order chi connectivity index (χ1) is 8.65.